The molecule has 0 saturated carbocycles. The van der Waals surface area contributed by atoms with E-state index in [0.29, 0.717) is 0 Å². The highest BCUT2D eigenvalue weighted by atomic mass is 127. The van der Waals surface area contributed by atoms with Crippen LogP contribution in [-0.4, -0.2) is 47.8 Å². The van der Waals surface area contributed by atoms with Crippen molar-refractivity contribution in [2.45, 2.75) is 50.5 Å². The van der Waals surface area contributed by atoms with Gasteiger partial charge >= 0.3 is 52.3 Å². The number of hydrogen-bond donors (Lipinski definition) is 0. The zero-order valence-corrected chi connectivity index (χ0v) is 27.5. The fourth-order valence-corrected chi connectivity index (χ4v) is 12.6. The van der Waals surface area contributed by atoms with Crippen molar-refractivity contribution in [3.05, 3.63) is 71.9 Å². The van der Waals surface area contributed by atoms with Crippen molar-refractivity contribution in [2.24, 2.45) is 7.54 Å². The molecule has 2 aromatic rings. The number of benzene rings is 2. The summed E-state index contributed by atoms with van der Waals surface area (Å²) in [5.41, 5.74) is -12.0. The second-order valence-corrected chi connectivity index (χ2v) is 19.0. The minimum Gasteiger partial charge on any atom is -0.470 e. The molecule has 2 aromatic carbocycles. The lowest BCUT2D eigenvalue weighted by atomic mass is 10.4. The minimum absolute atomic E-state index is 0.0287. The molecular weight excluding hydrogens is 771 g/mol. The van der Waals surface area contributed by atoms with Gasteiger partial charge in [-0.05, 0) is 56.9 Å². The van der Waals surface area contributed by atoms with E-state index in [0.717, 1.165) is 0 Å². The monoisotopic (exact) mass is 799 g/mol. The third kappa shape index (κ3) is 13.0. The van der Waals surface area contributed by atoms with E-state index in [9.17, 15) is 51.6 Å². The molecule has 0 N–H and O–H groups in total. The van der Waals surface area contributed by atoms with E-state index in [-0.39, 0.29) is 46.9 Å². The zero-order valence-electron chi connectivity index (χ0n) is 22.1. The van der Waals surface area contributed by atoms with Crippen molar-refractivity contribution in [3.8, 4) is 0 Å². The summed E-state index contributed by atoms with van der Waals surface area (Å²) in [6.45, 7) is 2.87. The summed E-state index contributed by atoms with van der Waals surface area (Å²) in [6, 6.07) is 21.4. The topological polar surface area (TPSA) is 141 Å². The molecular formula is C22H28F6IN3O6S4. The summed E-state index contributed by atoms with van der Waals surface area (Å²) in [5.74, 6) is -2.05. The summed E-state index contributed by atoms with van der Waals surface area (Å²) < 4.78 is 155. The molecule has 20 heteroatoms. The molecule has 0 fully saturated rings. The smallest absolute Gasteiger partial charge is 0.470 e. The first kappa shape index (κ1) is 38.5. The van der Waals surface area contributed by atoms with E-state index in [1.54, 1.807) is 0 Å². The molecule has 0 spiro atoms. The van der Waals surface area contributed by atoms with Gasteiger partial charge in [-0.25, -0.2) is 0 Å². The van der Waals surface area contributed by atoms with Gasteiger partial charge in [0.25, 0.3) is 0 Å². The van der Waals surface area contributed by atoms with Crippen LogP contribution < -0.4 is 21.2 Å². The van der Waals surface area contributed by atoms with Crippen molar-refractivity contribution in [1.82, 2.24) is 0 Å². The van der Waals surface area contributed by atoms with Crippen molar-refractivity contribution in [3.63, 3.8) is 0 Å². The third-order valence-electron chi connectivity index (χ3n) is 4.46. The second kappa shape index (κ2) is 16.0. The van der Waals surface area contributed by atoms with Crippen LogP contribution in [0.15, 0.2) is 68.2 Å². The normalized spacial score (nSPS) is 15.4. The Morgan fingerprint density at radius 3 is 1.19 bits per heavy atom. The fraction of sp³-hybridized carbons (Fsp3) is 0.455. The van der Waals surface area contributed by atoms with E-state index in [4.69, 9.17) is 0 Å². The van der Waals surface area contributed by atoms with Gasteiger partial charge in [0.15, 0.2) is 7.14 Å². The van der Waals surface area contributed by atoms with E-state index < -0.39 is 62.4 Å². The first-order chi connectivity index (χ1) is 19.2. The molecule has 0 aromatic heterocycles. The molecule has 0 bridgehead atoms. The average molecular weight is 800 g/mol. The van der Waals surface area contributed by atoms with Crippen molar-refractivity contribution >= 4 is 39.9 Å². The maximum absolute atomic E-state index is 12.6. The Balaban J connectivity index is 0.000000554. The highest BCUT2D eigenvalue weighted by Crippen LogP contribution is 2.31. The van der Waals surface area contributed by atoms with Gasteiger partial charge < -0.3 is 4.13 Å². The van der Waals surface area contributed by atoms with Crippen LogP contribution in [0.4, 0.5) is 26.3 Å². The lowest BCUT2D eigenvalue weighted by Crippen LogP contribution is -3.61. The summed E-state index contributed by atoms with van der Waals surface area (Å²) in [4.78, 5) is 0. The molecule has 0 aliphatic heterocycles. The van der Waals surface area contributed by atoms with Gasteiger partial charge in [0.05, 0.1) is 0 Å². The molecule has 0 heterocycles. The van der Waals surface area contributed by atoms with Crippen molar-refractivity contribution in [1.29, 1.82) is 0 Å². The van der Waals surface area contributed by atoms with Crippen LogP contribution in [0, 0.1) is 7.14 Å². The van der Waals surface area contributed by atoms with Crippen molar-refractivity contribution < 1.29 is 72.8 Å². The largest absolute Gasteiger partial charge is 0.519 e. The van der Waals surface area contributed by atoms with E-state index in [2.05, 4.69) is 72.3 Å². The van der Waals surface area contributed by atoms with Crippen LogP contribution >= 0.6 is 0 Å². The lowest BCUT2D eigenvalue weighted by molar-refractivity contribution is -0.597. The molecule has 42 heavy (non-hydrogen) atoms. The Kier molecular flexibility index (Phi) is 14.7. The number of unbranched alkanes of at least 4 members (excludes halogenated alkanes) is 2. The van der Waals surface area contributed by atoms with Gasteiger partial charge in [-0.1, -0.05) is 63.1 Å². The molecule has 0 amide bonds. The second-order valence-electron chi connectivity index (χ2n) is 8.08. The molecule has 0 radical (unpaired) electrons. The van der Waals surface area contributed by atoms with Gasteiger partial charge in [0, 0.05) is 11.5 Å². The molecule has 2 unspecified atom stereocenters. The summed E-state index contributed by atoms with van der Waals surface area (Å²) in [5, 5.41) is 0. The first-order valence-electron chi connectivity index (χ1n) is 11.8. The third-order valence-corrected chi connectivity index (χ3v) is 15.3. The number of nitrogens with zero attached hydrogens (tertiary/aromatic N) is 3. The summed E-state index contributed by atoms with van der Waals surface area (Å²) in [7, 11) is -22.8. The number of hydrogen-bond acceptors (Lipinski definition) is 6. The SMILES string of the molecule is CCCCS(=O)(=NS(=O)(=O)C(F)(F)F)[N-]S(=O)(CCCC)=NS(=O)(=O)C(F)(F)F.c1ccc([I+]c2ccccc2)cc1. The van der Waals surface area contributed by atoms with Crippen molar-refractivity contribution in [2.75, 3.05) is 11.5 Å². The molecule has 9 nitrogen and oxygen atoms in total. The van der Waals surface area contributed by atoms with E-state index in [1.165, 1.54) is 21.0 Å². The van der Waals surface area contributed by atoms with Crippen LogP contribution in [0.2, 0.25) is 0 Å². The Bertz CT molecular complexity index is 1480. The Hall–Kier alpha value is -1.49. The minimum atomic E-state index is -6.43. The van der Waals surface area contributed by atoms with Gasteiger partial charge in [0.2, 0.25) is 0 Å². The van der Waals surface area contributed by atoms with E-state index >= 15 is 0 Å². The number of sulfonamides is 2. The highest BCUT2D eigenvalue weighted by Gasteiger charge is 2.47. The predicted octanol–water partition coefficient (Wildman–Crippen LogP) is 3.24. The molecule has 0 saturated heterocycles. The van der Waals surface area contributed by atoms with Gasteiger partial charge in [-0.3, -0.25) is 8.42 Å². The Morgan fingerprint density at radius 2 is 0.929 bits per heavy atom. The Labute approximate surface area is 252 Å². The van der Waals surface area contributed by atoms with Crippen LogP contribution in [-0.2, 0) is 39.9 Å². The maximum Gasteiger partial charge on any atom is 0.519 e. The standard InChI is InChI=1S/C12H10I.C10H18F6N3O6S4/c1-3-7-11(8-4-1)13-12-9-5-2-6-10-12;1-3-5-7-26(20,18-28(22,23)9(11,12)13)17-27(21,8-6-4-2)19-29(24,25)10(14,15)16/h1-10H;3-8H2,1-2H3/q+1;-1. The number of alkyl halides is 6. The highest BCUT2D eigenvalue weighted by molar-refractivity contribution is 8.18. The molecule has 2 atom stereocenters. The van der Waals surface area contributed by atoms with Gasteiger partial charge in [-0.15, -0.1) is 7.54 Å². The van der Waals surface area contributed by atoms with Crippen LogP contribution in [0.25, 0.3) is 4.13 Å². The molecule has 0 aliphatic rings. The predicted molar refractivity (Wildman–Crippen MR) is 144 cm³/mol. The quantitative estimate of drug-likeness (QED) is 0.239. The zero-order chi connectivity index (χ0) is 32.3. The van der Waals surface area contributed by atoms with Crippen LogP contribution in [0.5, 0.6) is 0 Å². The average Bonchev–Trinajstić information content (AvgIpc) is 2.86. The molecule has 0 aliphatic carbocycles. The molecule has 2 rings (SSSR count). The molecule has 240 valence electrons. The number of rotatable bonds is 12. The van der Waals surface area contributed by atoms with E-state index in [1.807, 2.05) is 0 Å². The summed E-state index contributed by atoms with van der Waals surface area (Å²) in [6.07, 6.45) is -0.312. The first-order valence-corrected chi connectivity index (χ1v) is 20.1. The van der Waals surface area contributed by atoms with Crippen LogP contribution in [0.3, 0.4) is 0 Å². The van der Waals surface area contributed by atoms with Gasteiger partial charge in [0.1, 0.15) is 0 Å². The maximum atomic E-state index is 12.6. The number of halogens is 7. The van der Waals surface area contributed by atoms with Gasteiger partial charge in [-0.2, -0.15) is 43.2 Å². The summed E-state index contributed by atoms with van der Waals surface area (Å²) >= 11 is 0.0287. The Morgan fingerprint density at radius 1 is 0.619 bits per heavy atom. The fourth-order valence-electron chi connectivity index (χ4n) is 2.50. The lowest BCUT2D eigenvalue weighted by Gasteiger charge is -2.28. The van der Waals surface area contributed by atoms with Crippen LogP contribution in [0.1, 0.15) is 39.5 Å².